The number of piperazine rings is 1. The highest BCUT2D eigenvalue weighted by molar-refractivity contribution is 7.89. The number of carbonyl (C=O) groups is 1. The Hall–Kier alpha value is -4.42. The summed E-state index contributed by atoms with van der Waals surface area (Å²) in [5, 5.41) is 2.91. The average Bonchev–Trinajstić information content (AvgIpc) is 3.56. The first-order valence-corrected chi connectivity index (χ1v) is 16.8. The number of sulfonamides is 1. The zero-order valence-electron chi connectivity index (χ0n) is 25.8. The van der Waals surface area contributed by atoms with E-state index in [4.69, 9.17) is 9.97 Å². The highest BCUT2D eigenvalue weighted by Crippen LogP contribution is 2.30. The van der Waals surface area contributed by atoms with Crippen LogP contribution < -0.4 is 15.1 Å². The van der Waals surface area contributed by atoms with Crippen molar-refractivity contribution in [2.75, 3.05) is 42.5 Å². The van der Waals surface area contributed by atoms with Gasteiger partial charge in [0.2, 0.25) is 21.9 Å². The van der Waals surface area contributed by atoms with E-state index < -0.39 is 27.8 Å². The van der Waals surface area contributed by atoms with Crippen molar-refractivity contribution in [3.05, 3.63) is 101 Å². The summed E-state index contributed by atoms with van der Waals surface area (Å²) in [7, 11) is -3.99. The Balaban J connectivity index is 1.23. The normalized spacial score (nSPS) is 17.3. The molecule has 0 unspecified atom stereocenters. The molecule has 6 rings (SSSR count). The predicted octanol–water partition coefficient (Wildman–Crippen LogP) is 4.83. The second-order valence-corrected chi connectivity index (χ2v) is 13.6. The SMILES string of the molecule is Cc1cccc(C)c1-c1cc(CNC(=O)[C@@H]2CCCN2S(=O)(=O)c2ccc(F)cc2)nc(N2CCN(c3ccccc3F)CC2)n1. The third kappa shape index (κ3) is 6.45. The molecule has 9 nitrogen and oxygen atoms in total. The molecule has 3 heterocycles. The van der Waals surface area contributed by atoms with Crippen LogP contribution in [0.5, 0.6) is 0 Å². The van der Waals surface area contributed by atoms with E-state index in [0.717, 1.165) is 34.5 Å². The van der Waals surface area contributed by atoms with Crippen LogP contribution in [0.25, 0.3) is 11.3 Å². The monoisotopic (exact) mass is 646 g/mol. The number of aryl methyl sites for hydroxylation is 2. The molecule has 1 amide bonds. The molecule has 1 N–H and O–H groups in total. The number of nitrogens with zero attached hydrogens (tertiary/aromatic N) is 5. The van der Waals surface area contributed by atoms with Crippen LogP contribution in [0.3, 0.4) is 0 Å². The van der Waals surface area contributed by atoms with Gasteiger partial charge in [-0.3, -0.25) is 4.79 Å². The number of halogens is 2. The number of benzene rings is 3. The Morgan fingerprint density at radius 3 is 2.24 bits per heavy atom. The summed E-state index contributed by atoms with van der Waals surface area (Å²) in [5.41, 5.74) is 4.96. The number of hydrogen-bond acceptors (Lipinski definition) is 7. The van der Waals surface area contributed by atoms with Gasteiger partial charge in [-0.15, -0.1) is 0 Å². The summed E-state index contributed by atoms with van der Waals surface area (Å²) >= 11 is 0. The molecular formula is C34H36F2N6O3S. The third-order valence-electron chi connectivity index (χ3n) is 8.63. The second kappa shape index (κ2) is 13.1. The van der Waals surface area contributed by atoms with Gasteiger partial charge in [0.1, 0.15) is 17.7 Å². The first-order chi connectivity index (χ1) is 22.1. The lowest BCUT2D eigenvalue weighted by Gasteiger charge is -2.36. The van der Waals surface area contributed by atoms with E-state index >= 15 is 0 Å². The summed E-state index contributed by atoms with van der Waals surface area (Å²) in [6.45, 7) is 6.65. The smallest absolute Gasteiger partial charge is 0.243 e. The van der Waals surface area contributed by atoms with Crippen LogP contribution in [0.15, 0.2) is 77.7 Å². The van der Waals surface area contributed by atoms with Crippen molar-refractivity contribution in [3.63, 3.8) is 0 Å². The Labute approximate surface area is 267 Å². The van der Waals surface area contributed by atoms with Gasteiger partial charge in [0, 0.05) is 38.3 Å². The van der Waals surface area contributed by atoms with Crippen molar-refractivity contribution >= 4 is 27.6 Å². The predicted molar refractivity (Wildman–Crippen MR) is 173 cm³/mol. The molecule has 2 saturated heterocycles. The fourth-order valence-corrected chi connectivity index (χ4v) is 7.90. The topological polar surface area (TPSA) is 98.7 Å². The number of hydrogen-bond donors (Lipinski definition) is 1. The molecular weight excluding hydrogens is 610 g/mol. The van der Waals surface area contributed by atoms with Gasteiger partial charge in [-0.1, -0.05) is 30.3 Å². The molecule has 2 aliphatic rings. The third-order valence-corrected chi connectivity index (χ3v) is 10.6. The number of para-hydroxylation sites is 1. The van der Waals surface area contributed by atoms with Crippen molar-refractivity contribution in [1.29, 1.82) is 0 Å². The largest absolute Gasteiger partial charge is 0.366 e. The second-order valence-electron chi connectivity index (χ2n) is 11.7. The van der Waals surface area contributed by atoms with E-state index in [9.17, 15) is 22.0 Å². The fourth-order valence-electron chi connectivity index (χ4n) is 6.24. The Morgan fingerprint density at radius 1 is 0.870 bits per heavy atom. The fraction of sp³-hybridized carbons (Fsp3) is 0.324. The number of aromatic nitrogens is 2. The first-order valence-electron chi connectivity index (χ1n) is 15.4. The molecule has 240 valence electrons. The Bertz CT molecular complexity index is 1830. The molecule has 0 aliphatic carbocycles. The van der Waals surface area contributed by atoms with E-state index in [0.29, 0.717) is 56.4 Å². The number of rotatable bonds is 8. The van der Waals surface area contributed by atoms with Crippen LogP contribution in [0, 0.1) is 25.5 Å². The van der Waals surface area contributed by atoms with Crippen LogP contribution >= 0.6 is 0 Å². The van der Waals surface area contributed by atoms with Gasteiger partial charge >= 0.3 is 0 Å². The van der Waals surface area contributed by atoms with E-state index in [-0.39, 0.29) is 23.8 Å². The number of anilines is 2. The highest BCUT2D eigenvalue weighted by Gasteiger charge is 2.39. The maximum Gasteiger partial charge on any atom is 0.243 e. The zero-order chi connectivity index (χ0) is 32.4. The van der Waals surface area contributed by atoms with Gasteiger partial charge < -0.3 is 15.1 Å². The standard InChI is InChI=1S/C34H36F2N6O3S/c1-23-7-5-8-24(2)32(23)29-21-26(38-34(39-29)41-19-17-40(18-20-41)30-10-4-3-9-28(30)36)22-37-33(43)31-11-6-16-42(31)46(44,45)27-14-12-25(35)13-15-27/h3-5,7-10,12-15,21,31H,6,11,16-20,22H2,1-2H3,(H,37,43)/t31-/m0/s1. The molecule has 2 aliphatic heterocycles. The van der Waals surface area contributed by atoms with Crippen molar-refractivity contribution in [2.45, 2.75) is 44.2 Å². The van der Waals surface area contributed by atoms with Crippen molar-refractivity contribution in [1.82, 2.24) is 19.6 Å². The first kappa shape index (κ1) is 31.6. The minimum atomic E-state index is -3.99. The quantitative estimate of drug-likeness (QED) is 0.293. The number of amides is 1. The van der Waals surface area contributed by atoms with E-state index in [1.54, 1.807) is 12.1 Å². The van der Waals surface area contributed by atoms with E-state index in [1.165, 1.54) is 22.5 Å². The van der Waals surface area contributed by atoms with Gasteiger partial charge in [0.25, 0.3) is 0 Å². The molecule has 4 aromatic rings. The molecule has 0 spiro atoms. The average molecular weight is 647 g/mol. The van der Waals surface area contributed by atoms with Gasteiger partial charge in [0.15, 0.2) is 0 Å². The minimum Gasteiger partial charge on any atom is -0.366 e. The van der Waals surface area contributed by atoms with Crippen molar-refractivity contribution < 1.29 is 22.0 Å². The van der Waals surface area contributed by atoms with Crippen LogP contribution in [0.1, 0.15) is 29.7 Å². The van der Waals surface area contributed by atoms with Crippen LogP contribution in [-0.4, -0.2) is 67.4 Å². The highest BCUT2D eigenvalue weighted by atomic mass is 32.2. The van der Waals surface area contributed by atoms with Crippen LogP contribution in [-0.2, 0) is 21.4 Å². The van der Waals surface area contributed by atoms with Gasteiger partial charge in [-0.25, -0.2) is 27.2 Å². The summed E-state index contributed by atoms with van der Waals surface area (Å²) in [4.78, 5) is 27.2. The Kier molecular flexibility index (Phi) is 9.01. The lowest BCUT2D eigenvalue weighted by molar-refractivity contribution is -0.124. The van der Waals surface area contributed by atoms with E-state index in [2.05, 4.69) is 10.2 Å². The molecule has 0 bridgehead atoms. The summed E-state index contributed by atoms with van der Waals surface area (Å²) < 4.78 is 55.7. The molecule has 0 radical (unpaired) electrons. The molecule has 0 saturated carbocycles. The maximum atomic E-state index is 14.5. The summed E-state index contributed by atoms with van der Waals surface area (Å²) in [6, 6.07) is 18.4. The van der Waals surface area contributed by atoms with Crippen LogP contribution in [0.4, 0.5) is 20.4 Å². The molecule has 1 aromatic heterocycles. The van der Waals surface area contributed by atoms with Gasteiger partial charge in [-0.05, 0) is 80.3 Å². The van der Waals surface area contributed by atoms with Crippen molar-refractivity contribution in [3.8, 4) is 11.3 Å². The summed E-state index contributed by atoms with van der Waals surface area (Å²) in [5.74, 6) is -0.700. The molecule has 2 fully saturated rings. The zero-order valence-corrected chi connectivity index (χ0v) is 26.6. The van der Waals surface area contributed by atoms with Gasteiger partial charge in [0.05, 0.1) is 28.5 Å². The molecule has 3 aromatic carbocycles. The molecule has 1 atom stereocenters. The lowest BCUT2D eigenvalue weighted by Crippen LogP contribution is -2.47. The van der Waals surface area contributed by atoms with Crippen molar-refractivity contribution in [2.24, 2.45) is 0 Å². The van der Waals surface area contributed by atoms with Crippen LogP contribution in [0.2, 0.25) is 0 Å². The Morgan fingerprint density at radius 2 is 1.54 bits per heavy atom. The maximum absolute atomic E-state index is 14.5. The molecule has 12 heteroatoms. The number of carbonyl (C=O) groups excluding carboxylic acids is 1. The van der Waals surface area contributed by atoms with E-state index in [1.807, 2.05) is 49.1 Å². The molecule has 46 heavy (non-hydrogen) atoms. The lowest BCUT2D eigenvalue weighted by atomic mass is 9.99. The summed E-state index contributed by atoms with van der Waals surface area (Å²) in [6.07, 6.45) is 0.910. The number of nitrogens with one attached hydrogen (secondary N) is 1. The van der Waals surface area contributed by atoms with Gasteiger partial charge in [-0.2, -0.15) is 4.31 Å². The minimum absolute atomic E-state index is 0.0533.